The first-order valence-electron chi connectivity index (χ1n) is 7.44. The Morgan fingerprint density at radius 3 is 3.20 bits per heavy atom. The van der Waals surface area contributed by atoms with Gasteiger partial charge in [-0.25, -0.2) is 0 Å². The van der Waals surface area contributed by atoms with Crippen LogP contribution in [0.1, 0.15) is 42.5 Å². The van der Waals surface area contributed by atoms with Gasteiger partial charge in [0.25, 0.3) is 0 Å². The highest BCUT2D eigenvalue weighted by Gasteiger charge is 2.41. The Balaban J connectivity index is 1.66. The van der Waals surface area contributed by atoms with Crippen LogP contribution in [-0.4, -0.2) is 30.7 Å². The first-order chi connectivity index (χ1) is 9.70. The first-order valence-corrected chi connectivity index (χ1v) is 8.32. The van der Waals surface area contributed by atoms with Crippen molar-refractivity contribution in [3.05, 3.63) is 21.9 Å². The Labute approximate surface area is 123 Å². The summed E-state index contributed by atoms with van der Waals surface area (Å²) in [7, 11) is 0. The summed E-state index contributed by atoms with van der Waals surface area (Å²) in [5.74, 6) is 0.120. The number of aryl methyl sites for hydroxylation is 1. The number of amides is 1. The number of ether oxygens (including phenoxy) is 1. The first kappa shape index (κ1) is 14.0. The number of fused-ring (bicyclic) bond motifs is 1. The maximum absolute atomic E-state index is 12.5. The van der Waals surface area contributed by atoms with E-state index in [0.29, 0.717) is 6.61 Å². The number of hydrogen-bond acceptors (Lipinski definition) is 4. The molecular weight excluding hydrogens is 272 g/mol. The third-order valence-electron chi connectivity index (χ3n) is 4.42. The van der Waals surface area contributed by atoms with Crippen LogP contribution >= 0.6 is 11.3 Å². The van der Waals surface area contributed by atoms with E-state index in [2.05, 4.69) is 16.8 Å². The number of nitrogens with two attached hydrogens (primary N) is 1. The third kappa shape index (κ3) is 2.50. The molecule has 2 aliphatic rings. The van der Waals surface area contributed by atoms with Crippen LogP contribution in [0.2, 0.25) is 0 Å². The van der Waals surface area contributed by atoms with Gasteiger partial charge in [0, 0.05) is 17.5 Å². The zero-order valence-electron chi connectivity index (χ0n) is 11.8. The van der Waals surface area contributed by atoms with Crippen molar-refractivity contribution < 1.29 is 9.53 Å². The number of hydrogen-bond donors (Lipinski definition) is 2. The molecule has 0 aliphatic heterocycles. The second kappa shape index (κ2) is 5.84. The largest absolute Gasteiger partial charge is 0.376 e. The summed E-state index contributed by atoms with van der Waals surface area (Å²) < 4.78 is 5.61. The van der Waals surface area contributed by atoms with Gasteiger partial charge in [-0.15, -0.1) is 11.3 Å². The van der Waals surface area contributed by atoms with Gasteiger partial charge in [0.05, 0.1) is 18.1 Å². The summed E-state index contributed by atoms with van der Waals surface area (Å²) in [6.07, 6.45) is 4.08. The molecule has 5 heteroatoms. The molecule has 1 aromatic rings. The zero-order valence-corrected chi connectivity index (χ0v) is 12.6. The number of carbonyl (C=O) groups excluding carboxylic acids is 1. The van der Waals surface area contributed by atoms with Gasteiger partial charge in [-0.05, 0) is 49.6 Å². The van der Waals surface area contributed by atoms with Crippen molar-refractivity contribution in [1.82, 2.24) is 5.32 Å². The van der Waals surface area contributed by atoms with Crippen molar-refractivity contribution in [3.8, 4) is 0 Å². The summed E-state index contributed by atoms with van der Waals surface area (Å²) in [4.78, 5) is 13.9. The number of carbonyl (C=O) groups is 1. The minimum Gasteiger partial charge on any atom is -0.376 e. The van der Waals surface area contributed by atoms with E-state index in [1.807, 2.05) is 6.92 Å². The lowest BCUT2D eigenvalue weighted by molar-refractivity contribution is -0.127. The Bertz CT molecular complexity index is 486. The highest BCUT2D eigenvalue weighted by molar-refractivity contribution is 7.10. The predicted molar refractivity (Wildman–Crippen MR) is 79.9 cm³/mol. The lowest BCUT2D eigenvalue weighted by Gasteiger charge is -2.43. The fraction of sp³-hybridized carbons (Fsp3) is 0.667. The van der Waals surface area contributed by atoms with Crippen LogP contribution in [0.3, 0.4) is 0 Å². The van der Waals surface area contributed by atoms with Crippen LogP contribution in [-0.2, 0) is 16.0 Å². The highest BCUT2D eigenvalue weighted by Crippen LogP contribution is 2.35. The van der Waals surface area contributed by atoms with Gasteiger partial charge in [0.2, 0.25) is 5.91 Å². The zero-order chi connectivity index (χ0) is 14.1. The molecule has 3 rings (SSSR count). The second-order valence-electron chi connectivity index (χ2n) is 5.67. The standard InChI is InChI=1S/C15H22N2O2S/c1-2-19-12-8-11(16)14(12)17-15(18)10-4-3-5-13-9(10)6-7-20-13/h6-7,10-12,14H,2-5,8,16H2,1H3,(H,17,18). The molecule has 0 spiro atoms. The molecule has 4 atom stereocenters. The fourth-order valence-electron chi connectivity index (χ4n) is 3.25. The van der Waals surface area contributed by atoms with Gasteiger partial charge >= 0.3 is 0 Å². The van der Waals surface area contributed by atoms with E-state index in [-0.39, 0.29) is 30.0 Å². The maximum atomic E-state index is 12.5. The van der Waals surface area contributed by atoms with Crippen molar-refractivity contribution in [2.24, 2.45) is 5.73 Å². The Morgan fingerprint density at radius 1 is 1.60 bits per heavy atom. The number of nitrogens with one attached hydrogen (secondary N) is 1. The van der Waals surface area contributed by atoms with Crippen molar-refractivity contribution in [2.45, 2.75) is 56.7 Å². The van der Waals surface area contributed by atoms with Crippen LogP contribution in [0.4, 0.5) is 0 Å². The van der Waals surface area contributed by atoms with E-state index < -0.39 is 0 Å². The van der Waals surface area contributed by atoms with E-state index in [0.717, 1.165) is 25.7 Å². The average Bonchev–Trinajstić information content (AvgIpc) is 2.92. The van der Waals surface area contributed by atoms with Crippen molar-refractivity contribution in [1.29, 1.82) is 0 Å². The Hall–Kier alpha value is -0.910. The normalized spacial score (nSPS) is 32.3. The SMILES string of the molecule is CCOC1CC(N)C1NC(=O)C1CCCc2sccc21. The monoisotopic (exact) mass is 294 g/mol. The molecule has 1 saturated carbocycles. The molecule has 0 aromatic carbocycles. The minimum atomic E-state index is -0.0218. The van der Waals surface area contributed by atoms with Gasteiger partial charge in [-0.3, -0.25) is 4.79 Å². The highest BCUT2D eigenvalue weighted by atomic mass is 32.1. The van der Waals surface area contributed by atoms with Crippen molar-refractivity contribution in [2.75, 3.05) is 6.61 Å². The van der Waals surface area contributed by atoms with Crippen LogP contribution < -0.4 is 11.1 Å². The topological polar surface area (TPSA) is 64.3 Å². The van der Waals surface area contributed by atoms with Crippen molar-refractivity contribution >= 4 is 17.2 Å². The minimum absolute atomic E-state index is 0.0000709. The molecule has 0 radical (unpaired) electrons. The van der Waals surface area contributed by atoms with E-state index in [4.69, 9.17) is 10.5 Å². The fourth-order valence-corrected chi connectivity index (χ4v) is 4.24. The van der Waals surface area contributed by atoms with Gasteiger partial charge in [0.15, 0.2) is 0 Å². The molecule has 1 aromatic heterocycles. The maximum Gasteiger partial charge on any atom is 0.227 e. The molecule has 1 fully saturated rings. The summed E-state index contributed by atoms with van der Waals surface area (Å²) >= 11 is 1.76. The lowest BCUT2D eigenvalue weighted by atomic mass is 9.81. The molecule has 4 unspecified atom stereocenters. The predicted octanol–water partition coefficient (Wildman–Crippen LogP) is 1.79. The average molecular weight is 294 g/mol. The summed E-state index contributed by atoms with van der Waals surface area (Å²) in [5.41, 5.74) is 7.23. The smallest absolute Gasteiger partial charge is 0.227 e. The van der Waals surface area contributed by atoms with E-state index >= 15 is 0 Å². The molecule has 1 heterocycles. The molecule has 20 heavy (non-hydrogen) atoms. The van der Waals surface area contributed by atoms with Gasteiger partial charge in [-0.2, -0.15) is 0 Å². The second-order valence-corrected chi connectivity index (χ2v) is 6.67. The molecule has 0 bridgehead atoms. The Morgan fingerprint density at radius 2 is 2.45 bits per heavy atom. The summed E-state index contributed by atoms with van der Waals surface area (Å²) in [6, 6.07) is 2.11. The molecule has 110 valence electrons. The molecule has 0 saturated heterocycles. The molecular formula is C15H22N2O2S. The molecule has 3 N–H and O–H groups in total. The Kier molecular flexibility index (Phi) is 4.10. The van der Waals surface area contributed by atoms with Gasteiger partial charge in [-0.1, -0.05) is 0 Å². The molecule has 2 aliphatic carbocycles. The van der Waals surface area contributed by atoms with Crippen LogP contribution in [0.15, 0.2) is 11.4 Å². The number of rotatable bonds is 4. The molecule has 1 amide bonds. The van der Waals surface area contributed by atoms with Gasteiger partial charge < -0.3 is 15.8 Å². The van der Waals surface area contributed by atoms with E-state index in [9.17, 15) is 4.79 Å². The summed E-state index contributed by atoms with van der Waals surface area (Å²) in [5, 5.41) is 5.21. The molecule has 4 nitrogen and oxygen atoms in total. The van der Waals surface area contributed by atoms with Crippen LogP contribution in [0, 0.1) is 0 Å². The van der Waals surface area contributed by atoms with Crippen molar-refractivity contribution in [3.63, 3.8) is 0 Å². The van der Waals surface area contributed by atoms with Crippen LogP contribution in [0.5, 0.6) is 0 Å². The number of thiophene rings is 1. The van der Waals surface area contributed by atoms with E-state index in [1.54, 1.807) is 11.3 Å². The van der Waals surface area contributed by atoms with E-state index in [1.165, 1.54) is 10.4 Å². The van der Waals surface area contributed by atoms with Crippen LogP contribution in [0.25, 0.3) is 0 Å². The third-order valence-corrected chi connectivity index (χ3v) is 5.42. The quantitative estimate of drug-likeness (QED) is 0.890. The summed E-state index contributed by atoms with van der Waals surface area (Å²) in [6.45, 7) is 2.64. The van der Waals surface area contributed by atoms with Gasteiger partial charge in [0.1, 0.15) is 0 Å². The lowest BCUT2D eigenvalue weighted by Crippen LogP contribution is -2.65.